The summed E-state index contributed by atoms with van der Waals surface area (Å²) in [5.41, 5.74) is 0. The Morgan fingerprint density at radius 3 is 0.721 bits per heavy atom. The van der Waals surface area contributed by atoms with Crippen LogP contribution in [0, 0.1) is 5.92 Å². The molecular weight excluding hydrogens is 518 g/mol. The summed E-state index contributed by atoms with van der Waals surface area (Å²) >= 11 is 0. The van der Waals surface area contributed by atoms with Crippen LogP contribution in [-0.2, 0) is 0 Å². The van der Waals surface area contributed by atoms with Gasteiger partial charge >= 0.3 is 0 Å². The molecule has 0 aliphatic heterocycles. The molecular formula is C42H87N. The first-order valence-electron chi connectivity index (χ1n) is 20.9. The highest BCUT2D eigenvalue weighted by molar-refractivity contribution is 4.61. The standard InChI is InChI=1S/C42H87N/c1-5-7-9-11-13-15-23-27-31-35-39-43(40-36-32-28-24-16-14-12-10-8-6-2)41-37-33-29-25-21-19-17-18-20-22-26-30-34-38-42(3)4/h42H,5-41H2,1-4H3. The summed E-state index contributed by atoms with van der Waals surface area (Å²) in [6.45, 7) is 13.5. The average molecular weight is 606 g/mol. The Hall–Kier alpha value is -0.0400. The maximum atomic E-state index is 2.86. The van der Waals surface area contributed by atoms with Gasteiger partial charge in [0.15, 0.2) is 0 Å². The predicted octanol–water partition coefficient (Wildman–Crippen LogP) is 15.2. The van der Waals surface area contributed by atoms with Crippen molar-refractivity contribution >= 4 is 0 Å². The molecule has 260 valence electrons. The van der Waals surface area contributed by atoms with Crippen LogP contribution in [0.4, 0.5) is 0 Å². The zero-order valence-electron chi connectivity index (χ0n) is 31.2. The predicted molar refractivity (Wildman–Crippen MR) is 200 cm³/mol. The van der Waals surface area contributed by atoms with Gasteiger partial charge in [0.25, 0.3) is 0 Å². The van der Waals surface area contributed by atoms with E-state index in [1.165, 1.54) is 238 Å². The van der Waals surface area contributed by atoms with Gasteiger partial charge in [0.2, 0.25) is 0 Å². The van der Waals surface area contributed by atoms with Crippen LogP contribution in [0.2, 0.25) is 0 Å². The molecule has 0 heterocycles. The van der Waals surface area contributed by atoms with Crippen LogP contribution in [0.25, 0.3) is 0 Å². The van der Waals surface area contributed by atoms with E-state index < -0.39 is 0 Å². The van der Waals surface area contributed by atoms with Crippen molar-refractivity contribution in [3.63, 3.8) is 0 Å². The third-order valence-corrected chi connectivity index (χ3v) is 9.91. The molecule has 0 spiro atoms. The van der Waals surface area contributed by atoms with Crippen molar-refractivity contribution < 1.29 is 0 Å². The molecule has 0 aliphatic rings. The summed E-state index contributed by atoms with van der Waals surface area (Å²) < 4.78 is 0. The van der Waals surface area contributed by atoms with Gasteiger partial charge < -0.3 is 4.90 Å². The summed E-state index contributed by atoms with van der Waals surface area (Å²) in [5.74, 6) is 0.891. The molecule has 1 heteroatoms. The highest BCUT2D eigenvalue weighted by Gasteiger charge is 2.05. The molecule has 0 unspecified atom stereocenters. The molecule has 0 rings (SSSR count). The van der Waals surface area contributed by atoms with E-state index in [1.54, 1.807) is 0 Å². The molecule has 1 nitrogen and oxygen atoms in total. The molecule has 0 fully saturated rings. The zero-order chi connectivity index (χ0) is 31.3. The fraction of sp³-hybridized carbons (Fsp3) is 1.00. The van der Waals surface area contributed by atoms with E-state index in [4.69, 9.17) is 0 Å². The zero-order valence-corrected chi connectivity index (χ0v) is 31.2. The second-order valence-electron chi connectivity index (χ2n) is 15.0. The van der Waals surface area contributed by atoms with E-state index in [0.717, 1.165) is 5.92 Å². The van der Waals surface area contributed by atoms with Gasteiger partial charge in [-0.15, -0.1) is 0 Å². The summed E-state index contributed by atoms with van der Waals surface area (Å²) in [4.78, 5) is 2.86. The number of unbranched alkanes of at least 4 members (excludes halogenated alkanes) is 30. The van der Waals surface area contributed by atoms with E-state index in [9.17, 15) is 0 Å². The second kappa shape index (κ2) is 38.1. The Morgan fingerprint density at radius 1 is 0.279 bits per heavy atom. The lowest BCUT2D eigenvalue weighted by molar-refractivity contribution is 0.254. The van der Waals surface area contributed by atoms with Crippen LogP contribution < -0.4 is 0 Å². The van der Waals surface area contributed by atoms with Crippen molar-refractivity contribution in [3.05, 3.63) is 0 Å². The largest absolute Gasteiger partial charge is 0.303 e. The summed E-state index contributed by atoms with van der Waals surface area (Å²) in [6, 6.07) is 0. The minimum Gasteiger partial charge on any atom is -0.303 e. The van der Waals surface area contributed by atoms with Gasteiger partial charge in [-0.1, -0.05) is 227 Å². The molecule has 0 saturated carbocycles. The van der Waals surface area contributed by atoms with Crippen LogP contribution in [0.1, 0.15) is 246 Å². The number of nitrogens with zero attached hydrogens (tertiary/aromatic N) is 1. The van der Waals surface area contributed by atoms with Crippen molar-refractivity contribution in [1.82, 2.24) is 4.90 Å². The highest BCUT2D eigenvalue weighted by Crippen LogP contribution is 2.16. The van der Waals surface area contributed by atoms with Crippen LogP contribution in [0.3, 0.4) is 0 Å². The Bertz CT molecular complexity index is 448. The number of rotatable bonds is 38. The third kappa shape index (κ3) is 38.1. The fourth-order valence-electron chi connectivity index (χ4n) is 6.81. The average Bonchev–Trinajstić information content (AvgIpc) is 3.00. The molecule has 0 aliphatic carbocycles. The van der Waals surface area contributed by atoms with Gasteiger partial charge in [-0.2, -0.15) is 0 Å². The molecule has 0 aromatic carbocycles. The Balaban J connectivity index is 3.85. The Morgan fingerprint density at radius 2 is 0.488 bits per heavy atom. The fourth-order valence-corrected chi connectivity index (χ4v) is 6.81. The molecule has 0 saturated heterocycles. The van der Waals surface area contributed by atoms with Crippen molar-refractivity contribution in [2.24, 2.45) is 5.92 Å². The maximum Gasteiger partial charge on any atom is -0.00187 e. The van der Waals surface area contributed by atoms with E-state index >= 15 is 0 Å². The van der Waals surface area contributed by atoms with Crippen molar-refractivity contribution in [1.29, 1.82) is 0 Å². The van der Waals surface area contributed by atoms with Gasteiger partial charge in [-0.25, -0.2) is 0 Å². The van der Waals surface area contributed by atoms with E-state index in [1.807, 2.05) is 0 Å². The first-order valence-corrected chi connectivity index (χ1v) is 20.9. The molecule has 43 heavy (non-hydrogen) atoms. The van der Waals surface area contributed by atoms with Crippen LogP contribution in [0.15, 0.2) is 0 Å². The van der Waals surface area contributed by atoms with Crippen LogP contribution in [-0.4, -0.2) is 24.5 Å². The van der Waals surface area contributed by atoms with Crippen LogP contribution >= 0.6 is 0 Å². The monoisotopic (exact) mass is 606 g/mol. The second-order valence-corrected chi connectivity index (χ2v) is 15.0. The van der Waals surface area contributed by atoms with Gasteiger partial charge in [-0.05, 0) is 44.8 Å². The first kappa shape index (κ1) is 43.0. The van der Waals surface area contributed by atoms with Gasteiger partial charge in [0.1, 0.15) is 0 Å². The van der Waals surface area contributed by atoms with Crippen molar-refractivity contribution in [2.75, 3.05) is 19.6 Å². The summed E-state index contributed by atoms with van der Waals surface area (Å²) in [6.07, 6.45) is 49.6. The minimum absolute atomic E-state index is 0.891. The van der Waals surface area contributed by atoms with Gasteiger partial charge in [-0.3, -0.25) is 0 Å². The topological polar surface area (TPSA) is 3.24 Å². The number of hydrogen-bond acceptors (Lipinski definition) is 1. The summed E-state index contributed by atoms with van der Waals surface area (Å²) in [5, 5.41) is 0. The molecule has 0 aromatic heterocycles. The van der Waals surface area contributed by atoms with E-state index in [0.29, 0.717) is 0 Å². The smallest absolute Gasteiger partial charge is 0.00187 e. The normalized spacial score (nSPS) is 11.9. The molecule has 0 aromatic rings. The van der Waals surface area contributed by atoms with E-state index in [2.05, 4.69) is 32.6 Å². The SMILES string of the molecule is CCCCCCCCCCCCN(CCCCCCCCCCCC)CCCCCCCCCCCCCCCC(C)C. The molecule has 0 atom stereocenters. The number of hydrogen-bond donors (Lipinski definition) is 0. The summed E-state index contributed by atoms with van der Waals surface area (Å²) in [7, 11) is 0. The minimum atomic E-state index is 0.891. The molecule has 0 amide bonds. The van der Waals surface area contributed by atoms with E-state index in [-0.39, 0.29) is 0 Å². The molecule has 0 N–H and O–H groups in total. The molecule has 0 bridgehead atoms. The lowest BCUT2D eigenvalue weighted by Crippen LogP contribution is -2.27. The lowest BCUT2D eigenvalue weighted by atomic mass is 10.0. The van der Waals surface area contributed by atoms with Crippen molar-refractivity contribution in [3.8, 4) is 0 Å². The highest BCUT2D eigenvalue weighted by atomic mass is 15.1. The van der Waals surface area contributed by atoms with Crippen LogP contribution in [0.5, 0.6) is 0 Å². The van der Waals surface area contributed by atoms with Gasteiger partial charge in [0.05, 0.1) is 0 Å². The quantitative estimate of drug-likeness (QED) is 0.0633. The Kier molecular flexibility index (Phi) is 38.1. The molecule has 0 radical (unpaired) electrons. The first-order chi connectivity index (χ1) is 21.2. The van der Waals surface area contributed by atoms with Gasteiger partial charge in [0, 0.05) is 0 Å². The Labute approximate surface area is 275 Å². The third-order valence-electron chi connectivity index (χ3n) is 9.91. The van der Waals surface area contributed by atoms with Crippen molar-refractivity contribution in [2.45, 2.75) is 246 Å². The maximum absolute atomic E-state index is 2.86. The lowest BCUT2D eigenvalue weighted by Gasteiger charge is -2.22.